The van der Waals surface area contributed by atoms with Gasteiger partial charge < -0.3 is 19.7 Å². The third kappa shape index (κ3) is 7.78. The number of hydrogen-bond donors (Lipinski definition) is 1. The molecule has 0 aliphatic carbocycles. The predicted octanol–water partition coefficient (Wildman–Crippen LogP) is 5.69. The van der Waals surface area contributed by atoms with Crippen LogP contribution >= 0.6 is 23.2 Å². The highest BCUT2D eigenvalue weighted by Gasteiger charge is 2.24. The van der Waals surface area contributed by atoms with Crippen LogP contribution in [-0.4, -0.2) is 83.0 Å². The topological polar surface area (TPSA) is 119 Å². The van der Waals surface area contributed by atoms with E-state index in [2.05, 4.69) is 33.6 Å². The number of fused-ring (bicyclic) bond motifs is 1. The van der Waals surface area contributed by atoms with E-state index in [4.69, 9.17) is 37.7 Å². The number of carbonyl (C=O) groups excluding carboxylic acids is 2. The van der Waals surface area contributed by atoms with Gasteiger partial charge in [0.25, 0.3) is 11.5 Å². The summed E-state index contributed by atoms with van der Waals surface area (Å²) in [4.78, 5) is 52.3. The van der Waals surface area contributed by atoms with Crippen molar-refractivity contribution < 1.29 is 19.1 Å². The molecule has 0 radical (unpaired) electrons. The number of hydrogen-bond acceptors (Lipinski definition) is 9. The van der Waals surface area contributed by atoms with Crippen molar-refractivity contribution in [2.75, 3.05) is 52.3 Å². The van der Waals surface area contributed by atoms with Crippen molar-refractivity contribution in [3.63, 3.8) is 0 Å². The summed E-state index contributed by atoms with van der Waals surface area (Å²) in [6, 6.07) is 8.91. The molecule has 260 valence electrons. The van der Waals surface area contributed by atoms with Gasteiger partial charge in [-0.05, 0) is 56.0 Å². The fraction of sp³-hybridized carbons (Fsp3) is 0.324. The molecule has 50 heavy (non-hydrogen) atoms. The Labute approximate surface area is 300 Å². The first kappa shape index (κ1) is 36.4. The number of halogens is 2. The summed E-state index contributed by atoms with van der Waals surface area (Å²) in [5.41, 5.74) is 2.94. The standard InChI is InChI=1S/C37H38Cl2N6O5/c1-6-10-30(47)44-17-15-43(16-18-44)13-9-14-45-35-25(20-27(36(45)48)31-32(38)28(49-4)21-29(50-5)33(31)39)22-40-37(42-35)41-34-23(3)11-8-12-24(34)19-26(46)7-2/h7-8,11-12,20-22H,2,9,13-19H2,1,3-5H3,(H,40,41,42). The van der Waals surface area contributed by atoms with E-state index in [-0.39, 0.29) is 50.8 Å². The van der Waals surface area contributed by atoms with Crippen LogP contribution in [0.4, 0.5) is 11.6 Å². The van der Waals surface area contributed by atoms with Gasteiger partial charge in [-0.2, -0.15) is 4.98 Å². The number of benzene rings is 2. The molecular formula is C37H38Cl2N6O5. The van der Waals surface area contributed by atoms with E-state index >= 15 is 0 Å². The Bertz CT molecular complexity index is 2050. The summed E-state index contributed by atoms with van der Waals surface area (Å²) in [5.74, 6) is 5.85. The highest BCUT2D eigenvalue weighted by molar-refractivity contribution is 6.41. The van der Waals surface area contributed by atoms with Gasteiger partial charge in [-0.25, -0.2) is 4.98 Å². The average molecular weight is 718 g/mol. The van der Waals surface area contributed by atoms with Crippen LogP contribution in [0.1, 0.15) is 24.5 Å². The highest BCUT2D eigenvalue weighted by atomic mass is 35.5. The van der Waals surface area contributed by atoms with Gasteiger partial charge in [0.15, 0.2) is 5.78 Å². The van der Waals surface area contributed by atoms with E-state index in [1.165, 1.54) is 20.3 Å². The molecule has 0 bridgehead atoms. The molecule has 1 aliphatic rings. The molecule has 11 nitrogen and oxygen atoms in total. The summed E-state index contributed by atoms with van der Waals surface area (Å²) < 4.78 is 12.6. The summed E-state index contributed by atoms with van der Waals surface area (Å²) in [6.45, 7) is 10.7. The number of ketones is 1. The van der Waals surface area contributed by atoms with Crippen LogP contribution < -0.4 is 20.3 Å². The molecule has 5 rings (SSSR count). The molecule has 0 spiro atoms. The number of anilines is 2. The number of ether oxygens (including phenoxy) is 2. The Hall–Kier alpha value is -4.89. The second-order valence-corrected chi connectivity index (χ2v) is 12.5. The molecule has 0 saturated carbocycles. The summed E-state index contributed by atoms with van der Waals surface area (Å²) in [6.07, 6.45) is 3.70. The van der Waals surface area contributed by atoms with E-state index < -0.39 is 0 Å². The number of amides is 1. The lowest BCUT2D eigenvalue weighted by atomic mass is 10.0. The zero-order valence-electron chi connectivity index (χ0n) is 28.4. The first-order valence-electron chi connectivity index (χ1n) is 16.1. The number of nitrogens with zero attached hydrogens (tertiary/aromatic N) is 5. The zero-order chi connectivity index (χ0) is 35.9. The van der Waals surface area contributed by atoms with Crippen LogP contribution in [0.2, 0.25) is 10.0 Å². The Balaban J connectivity index is 1.55. The number of aryl methyl sites for hydroxylation is 2. The van der Waals surface area contributed by atoms with E-state index in [0.717, 1.165) is 11.1 Å². The predicted molar refractivity (Wildman–Crippen MR) is 197 cm³/mol. The summed E-state index contributed by atoms with van der Waals surface area (Å²) in [5, 5.41) is 4.20. The first-order valence-corrected chi connectivity index (χ1v) is 16.8. The minimum absolute atomic E-state index is 0.117. The SMILES string of the molecule is C=CC(=O)Cc1cccc(C)c1Nc1ncc2cc(-c3c(Cl)c(OC)cc(OC)c3Cl)c(=O)n(CCCN3CCN(C(=O)C#CC)CC3)c2n1. The van der Waals surface area contributed by atoms with Crippen molar-refractivity contribution >= 4 is 57.6 Å². The maximum absolute atomic E-state index is 14.4. The number of para-hydroxylation sites is 1. The highest BCUT2D eigenvalue weighted by Crippen LogP contribution is 2.45. The molecule has 3 heterocycles. The van der Waals surface area contributed by atoms with Crippen molar-refractivity contribution in [2.24, 2.45) is 0 Å². The molecule has 2 aromatic carbocycles. The van der Waals surface area contributed by atoms with Gasteiger partial charge in [0.1, 0.15) is 17.1 Å². The van der Waals surface area contributed by atoms with Crippen molar-refractivity contribution in [2.45, 2.75) is 33.2 Å². The molecule has 1 saturated heterocycles. The van der Waals surface area contributed by atoms with Crippen LogP contribution in [0, 0.1) is 18.8 Å². The van der Waals surface area contributed by atoms with Gasteiger partial charge >= 0.3 is 0 Å². The minimum Gasteiger partial charge on any atom is -0.495 e. The lowest BCUT2D eigenvalue weighted by Crippen LogP contribution is -2.48. The molecule has 1 amide bonds. The fourth-order valence-corrected chi connectivity index (χ4v) is 6.67. The van der Waals surface area contributed by atoms with Crippen LogP contribution in [0.3, 0.4) is 0 Å². The van der Waals surface area contributed by atoms with Gasteiger partial charge in [0.2, 0.25) is 5.95 Å². The van der Waals surface area contributed by atoms with Gasteiger partial charge in [0.05, 0.1) is 29.8 Å². The lowest BCUT2D eigenvalue weighted by Gasteiger charge is -2.33. The molecule has 13 heteroatoms. The smallest absolute Gasteiger partial charge is 0.298 e. The number of pyridine rings is 1. The van der Waals surface area contributed by atoms with Gasteiger partial charge in [0, 0.05) is 68.0 Å². The second-order valence-electron chi connectivity index (χ2n) is 11.7. The number of aromatic nitrogens is 3. The van der Waals surface area contributed by atoms with Crippen molar-refractivity contribution in [1.29, 1.82) is 0 Å². The van der Waals surface area contributed by atoms with Gasteiger partial charge in [-0.1, -0.05) is 53.9 Å². The van der Waals surface area contributed by atoms with Crippen molar-refractivity contribution in [3.8, 4) is 34.5 Å². The average Bonchev–Trinajstić information content (AvgIpc) is 3.11. The van der Waals surface area contributed by atoms with E-state index in [1.54, 1.807) is 34.7 Å². The number of allylic oxidation sites excluding steroid dienone is 1. The summed E-state index contributed by atoms with van der Waals surface area (Å²) in [7, 11) is 2.94. The van der Waals surface area contributed by atoms with E-state index in [9.17, 15) is 14.4 Å². The zero-order valence-corrected chi connectivity index (χ0v) is 30.0. The van der Waals surface area contributed by atoms with Crippen molar-refractivity contribution in [1.82, 2.24) is 24.3 Å². The number of rotatable bonds is 12. The third-order valence-electron chi connectivity index (χ3n) is 8.61. The van der Waals surface area contributed by atoms with E-state index in [1.807, 2.05) is 25.1 Å². The molecular weight excluding hydrogens is 679 g/mol. The molecule has 1 aliphatic heterocycles. The number of carbonyl (C=O) groups is 2. The number of nitrogens with one attached hydrogen (secondary N) is 1. The van der Waals surface area contributed by atoms with Gasteiger partial charge in [-0.15, -0.1) is 0 Å². The third-order valence-corrected chi connectivity index (χ3v) is 9.36. The normalized spacial score (nSPS) is 13.0. The quantitative estimate of drug-likeness (QED) is 0.146. The van der Waals surface area contributed by atoms with Crippen LogP contribution in [0.5, 0.6) is 11.5 Å². The number of methoxy groups -OCH3 is 2. The Morgan fingerprint density at radius 1 is 1.06 bits per heavy atom. The van der Waals surface area contributed by atoms with Crippen LogP contribution in [-0.2, 0) is 22.6 Å². The molecule has 0 atom stereocenters. The molecule has 4 aromatic rings. The Morgan fingerprint density at radius 3 is 2.40 bits per heavy atom. The second kappa shape index (κ2) is 16.2. The largest absolute Gasteiger partial charge is 0.495 e. The fourth-order valence-electron chi connectivity index (χ4n) is 5.97. The van der Waals surface area contributed by atoms with E-state index in [0.29, 0.717) is 73.9 Å². The Kier molecular flexibility index (Phi) is 11.8. The number of piperazine rings is 1. The first-order chi connectivity index (χ1) is 24.1. The molecule has 0 unspecified atom stereocenters. The molecule has 2 aromatic heterocycles. The monoisotopic (exact) mass is 716 g/mol. The van der Waals surface area contributed by atoms with Crippen LogP contribution in [0.25, 0.3) is 22.2 Å². The molecule has 1 N–H and O–H groups in total. The lowest BCUT2D eigenvalue weighted by molar-refractivity contribution is -0.126. The maximum atomic E-state index is 14.4. The van der Waals surface area contributed by atoms with Crippen LogP contribution in [0.15, 0.2) is 54.0 Å². The van der Waals surface area contributed by atoms with Crippen molar-refractivity contribution in [3.05, 3.63) is 80.7 Å². The maximum Gasteiger partial charge on any atom is 0.298 e. The van der Waals surface area contributed by atoms with Gasteiger partial charge in [-0.3, -0.25) is 23.9 Å². The Morgan fingerprint density at radius 2 is 1.76 bits per heavy atom. The summed E-state index contributed by atoms with van der Waals surface area (Å²) >= 11 is 13.6. The minimum atomic E-state index is -0.358. The molecule has 1 fully saturated rings.